The fraction of sp³-hybridized carbons (Fsp3) is 0.591. The van der Waals surface area contributed by atoms with E-state index in [1.54, 1.807) is 0 Å². The summed E-state index contributed by atoms with van der Waals surface area (Å²) in [4.78, 5) is 17.2. The van der Waals surface area contributed by atoms with Crippen molar-refractivity contribution in [3.63, 3.8) is 0 Å². The van der Waals surface area contributed by atoms with Gasteiger partial charge in [0, 0.05) is 18.7 Å². The van der Waals surface area contributed by atoms with E-state index >= 15 is 0 Å². The molecule has 2 saturated heterocycles. The van der Waals surface area contributed by atoms with Crippen LogP contribution < -0.4 is 0 Å². The molecule has 1 spiro atoms. The highest BCUT2D eigenvalue weighted by atomic mass is 19.4. The topological polar surface area (TPSA) is 88.7 Å². The normalized spacial score (nSPS) is 23.6. The molecule has 0 radical (unpaired) electrons. The standard InChI is InChI=1S/C22H26F3N3O4/c1-20(2,3)16-15(12-21(31-16)8-10-28(11-9-21)19(29)30)17-26-18(32-27-17)13-4-6-14(7-5-13)22(23,24)25/h4-7,15-16H,8-12H2,1-3H3,(H,29,30). The molecule has 2 aliphatic rings. The van der Waals surface area contributed by atoms with Crippen molar-refractivity contribution < 1.29 is 32.3 Å². The number of hydrogen-bond acceptors (Lipinski definition) is 5. The van der Waals surface area contributed by atoms with Crippen LogP contribution in [0.3, 0.4) is 0 Å². The van der Waals surface area contributed by atoms with Gasteiger partial charge in [0.05, 0.1) is 23.2 Å². The molecule has 2 aromatic rings. The Morgan fingerprint density at radius 1 is 1.16 bits per heavy atom. The van der Waals surface area contributed by atoms with Crippen molar-refractivity contribution in [2.24, 2.45) is 5.41 Å². The second-order valence-corrected chi connectivity index (χ2v) is 9.70. The van der Waals surface area contributed by atoms with Crippen LogP contribution in [0.1, 0.15) is 57.3 Å². The zero-order valence-corrected chi connectivity index (χ0v) is 18.1. The molecular weight excluding hydrogens is 427 g/mol. The summed E-state index contributed by atoms with van der Waals surface area (Å²) in [6.45, 7) is 7.00. The Morgan fingerprint density at radius 2 is 1.78 bits per heavy atom. The molecule has 7 nitrogen and oxygen atoms in total. The third-order valence-corrected chi connectivity index (χ3v) is 6.37. The summed E-state index contributed by atoms with van der Waals surface area (Å²) in [6.07, 6.45) is -3.74. The molecule has 2 aliphatic heterocycles. The minimum atomic E-state index is -4.41. The summed E-state index contributed by atoms with van der Waals surface area (Å²) < 4.78 is 50.4. The van der Waals surface area contributed by atoms with Crippen LogP contribution in [0.15, 0.2) is 28.8 Å². The van der Waals surface area contributed by atoms with E-state index in [4.69, 9.17) is 9.26 Å². The van der Waals surface area contributed by atoms with Crippen molar-refractivity contribution in [3.8, 4) is 11.5 Å². The average Bonchev–Trinajstić information content (AvgIpc) is 3.33. The molecule has 1 N–H and O–H groups in total. The number of amides is 1. The lowest BCUT2D eigenvalue weighted by Crippen LogP contribution is -2.46. The molecule has 2 fully saturated rings. The predicted octanol–water partition coefficient (Wildman–Crippen LogP) is 5.19. The first-order chi connectivity index (χ1) is 14.9. The van der Waals surface area contributed by atoms with Gasteiger partial charge in [0.2, 0.25) is 0 Å². The smallest absolute Gasteiger partial charge is 0.416 e. The van der Waals surface area contributed by atoms with Gasteiger partial charge in [-0.3, -0.25) is 0 Å². The Morgan fingerprint density at radius 3 is 2.31 bits per heavy atom. The summed E-state index contributed by atoms with van der Waals surface area (Å²) in [5, 5.41) is 13.4. The summed E-state index contributed by atoms with van der Waals surface area (Å²) in [5.41, 5.74) is -1.02. The van der Waals surface area contributed by atoms with Gasteiger partial charge in [0.25, 0.3) is 5.89 Å². The molecule has 3 heterocycles. The average molecular weight is 453 g/mol. The minimum absolute atomic E-state index is 0.156. The Hall–Kier alpha value is -2.62. The van der Waals surface area contributed by atoms with Crippen molar-refractivity contribution in [2.75, 3.05) is 13.1 Å². The zero-order valence-electron chi connectivity index (χ0n) is 18.1. The van der Waals surface area contributed by atoms with E-state index in [2.05, 4.69) is 30.9 Å². The summed E-state index contributed by atoms with van der Waals surface area (Å²) in [7, 11) is 0. The SMILES string of the molecule is CC(C)(C)C1OC2(CCN(C(=O)O)CC2)CC1c1noc(-c2ccc(C(F)(F)F)cc2)n1. The molecule has 0 bridgehead atoms. The van der Waals surface area contributed by atoms with E-state index in [-0.39, 0.29) is 23.3 Å². The molecule has 1 aromatic heterocycles. The van der Waals surface area contributed by atoms with Gasteiger partial charge >= 0.3 is 12.3 Å². The lowest BCUT2D eigenvalue weighted by Gasteiger charge is -2.39. The maximum absolute atomic E-state index is 12.8. The van der Waals surface area contributed by atoms with Crippen molar-refractivity contribution >= 4 is 6.09 Å². The van der Waals surface area contributed by atoms with Gasteiger partial charge in [-0.05, 0) is 48.9 Å². The number of alkyl halides is 3. The molecule has 32 heavy (non-hydrogen) atoms. The Balaban J connectivity index is 1.57. The van der Waals surface area contributed by atoms with Crippen LogP contribution in [0, 0.1) is 5.41 Å². The van der Waals surface area contributed by atoms with E-state index in [9.17, 15) is 23.1 Å². The van der Waals surface area contributed by atoms with Crippen molar-refractivity contribution in [1.82, 2.24) is 15.0 Å². The number of ether oxygens (including phenoxy) is 1. The summed E-state index contributed by atoms with van der Waals surface area (Å²) in [6, 6.07) is 4.60. The van der Waals surface area contributed by atoms with Crippen LogP contribution >= 0.6 is 0 Å². The Labute approximate surface area is 183 Å². The van der Waals surface area contributed by atoms with Crippen molar-refractivity contribution in [1.29, 1.82) is 0 Å². The number of nitrogens with zero attached hydrogens (tertiary/aromatic N) is 3. The van der Waals surface area contributed by atoms with Crippen molar-refractivity contribution in [3.05, 3.63) is 35.7 Å². The zero-order chi connectivity index (χ0) is 23.3. The fourth-order valence-electron chi connectivity index (χ4n) is 4.65. The quantitative estimate of drug-likeness (QED) is 0.674. The molecule has 10 heteroatoms. The van der Waals surface area contributed by atoms with Crippen molar-refractivity contribution in [2.45, 2.75) is 63.8 Å². The van der Waals surface area contributed by atoms with Gasteiger partial charge < -0.3 is 19.3 Å². The number of benzene rings is 1. The number of halogens is 3. The van der Waals surface area contributed by atoms with Crippen LogP contribution in [0.2, 0.25) is 0 Å². The van der Waals surface area contributed by atoms with E-state index in [0.717, 1.165) is 12.1 Å². The molecule has 2 atom stereocenters. The molecule has 1 aromatic carbocycles. The summed E-state index contributed by atoms with van der Waals surface area (Å²) >= 11 is 0. The Kier molecular flexibility index (Phi) is 5.47. The third kappa shape index (κ3) is 4.32. The lowest BCUT2D eigenvalue weighted by atomic mass is 9.78. The van der Waals surface area contributed by atoms with Gasteiger partial charge in [-0.15, -0.1) is 0 Å². The highest BCUT2D eigenvalue weighted by Crippen LogP contribution is 2.51. The number of hydrogen-bond donors (Lipinski definition) is 1. The number of carbonyl (C=O) groups is 1. The first-order valence-corrected chi connectivity index (χ1v) is 10.5. The van der Waals surface area contributed by atoms with Crippen LogP contribution in [-0.2, 0) is 10.9 Å². The summed E-state index contributed by atoms with van der Waals surface area (Å²) in [5.74, 6) is 0.443. The fourth-order valence-corrected chi connectivity index (χ4v) is 4.65. The molecule has 4 rings (SSSR count). The van der Waals surface area contributed by atoms with Gasteiger partial charge in [-0.2, -0.15) is 18.2 Å². The predicted molar refractivity (Wildman–Crippen MR) is 108 cm³/mol. The number of likely N-dealkylation sites (tertiary alicyclic amines) is 1. The van der Waals surface area contributed by atoms with E-state index in [1.165, 1.54) is 17.0 Å². The van der Waals surface area contributed by atoms with E-state index in [1.807, 2.05) is 0 Å². The highest BCUT2D eigenvalue weighted by molar-refractivity contribution is 5.65. The van der Waals surface area contributed by atoms with Gasteiger partial charge in [0.1, 0.15) is 0 Å². The number of aromatic nitrogens is 2. The molecule has 0 saturated carbocycles. The minimum Gasteiger partial charge on any atom is -0.465 e. The lowest BCUT2D eigenvalue weighted by molar-refractivity contribution is -0.137. The molecular formula is C22H26F3N3O4. The first kappa shape index (κ1) is 22.6. The second kappa shape index (κ2) is 7.75. The second-order valence-electron chi connectivity index (χ2n) is 9.70. The number of rotatable bonds is 2. The van der Waals surface area contributed by atoms with Gasteiger partial charge in [-0.1, -0.05) is 25.9 Å². The molecule has 2 unspecified atom stereocenters. The van der Waals surface area contributed by atoms with E-state index < -0.39 is 23.4 Å². The van der Waals surface area contributed by atoms with E-state index in [0.29, 0.717) is 43.7 Å². The first-order valence-electron chi connectivity index (χ1n) is 10.5. The largest absolute Gasteiger partial charge is 0.465 e. The Bertz CT molecular complexity index is 974. The molecule has 0 aliphatic carbocycles. The van der Waals surface area contributed by atoms with Gasteiger partial charge in [-0.25, -0.2) is 4.79 Å². The van der Waals surface area contributed by atoms with Crippen LogP contribution in [0.4, 0.5) is 18.0 Å². The highest BCUT2D eigenvalue weighted by Gasteiger charge is 2.53. The number of piperidine rings is 1. The third-order valence-electron chi connectivity index (χ3n) is 6.37. The van der Waals surface area contributed by atoms with Crippen LogP contribution in [-0.4, -0.2) is 51.0 Å². The van der Waals surface area contributed by atoms with Crippen LogP contribution in [0.25, 0.3) is 11.5 Å². The van der Waals surface area contributed by atoms with Crippen LogP contribution in [0.5, 0.6) is 0 Å². The maximum Gasteiger partial charge on any atom is 0.416 e. The number of carboxylic acid groups (broad SMARTS) is 1. The van der Waals surface area contributed by atoms with Gasteiger partial charge in [0.15, 0.2) is 5.82 Å². The molecule has 174 valence electrons. The molecule has 1 amide bonds. The monoisotopic (exact) mass is 453 g/mol. The maximum atomic E-state index is 12.8.